The molecule has 2 aromatic carbocycles. The van der Waals surface area contributed by atoms with Crippen LogP contribution >= 0.6 is 0 Å². The summed E-state index contributed by atoms with van der Waals surface area (Å²) < 4.78 is 0. The topological polar surface area (TPSA) is 0 Å². The molecule has 1 aliphatic rings. The Bertz CT molecular complexity index is 866. The van der Waals surface area contributed by atoms with Crippen LogP contribution in [0, 0.1) is 23.7 Å². The third-order valence-corrected chi connectivity index (χ3v) is 7.67. The summed E-state index contributed by atoms with van der Waals surface area (Å²) in [5.41, 5.74) is 5.00. The molecular formula is C34H46. The molecule has 0 amide bonds. The van der Waals surface area contributed by atoms with Crippen molar-refractivity contribution < 1.29 is 0 Å². The van der Waals surface area contributed by atoms with Crippen molar-refractivity contribution in [1.29, 1.82) is 0 Å². The lowest BCUT2D eigenvalue weighted by molar-refractivity contribution is 0.248. The fourth-order valence-corrected chi connectivity index (χ4v) is 5.32. The molecule has 0 aliphatic heterocycles. The van der Waals surface area contributed by atoms with Crippen molar-refractivity contribution in [3.63, 3.8) is 0 Å². The van der Waals surface area contributed by atoms with Crippen molar-refractivity contribution in [3.05, 3.63) is 83.4 Å². The highest BCUT2D eigenvalue weighted by Gasteiger charge is 2.20. The van der Waals surface area contributed by atoms with Crippen LogP contribution in [0.1, 0.15) is 113 Å². The molecule has 3 rings (SSSR count). The normalized spacial score (nSPS) is 17.7. The molecule has 1 fully saturated rings. The fourth-order valence-electron chi connectivity index (χ4n) is 5.32. The van der Waals surface area contributed by atoms with Crippen molar-refractivity contribution in [2.45, 2.75) is 103 Å². The summed E-state index contributed by atoms with van der Waals surface area (Å²) in [6.07, 6.45) is 22.6. The Morgan fingerprint density at radius 1 is 0.676 bits per heavy atom. The summed E-state index contributed by atoms with van der Waals surface area (Å²) in [5, 5.41) is 0. The summed E-state index contributed by atoms with van der Waals surface area (Å²) in [7, 11) is 0. The number of hydrogen-bond donors (Lipinski definition) is 0. The van der Waals surface area contributed by atoms with Crippen LogP contribution in [-0.2, 0) is 12.8 Å². The SMILES string of the molecule is C=CCCc1ccc(C#Cc2ccc(CCC3CCC(CCCCCCCC)CC3)cc2)cc1. The Morgan fingerprint density at radius 3 is 1.74 bits per heavy atom. The van der Waals surface area contributed by atoms with E-state index in [1.54, 1.807) is 0 Å². The van der Waals surface area contributed by atoms with E-state index < -0.39 is 0 Å². The number of rotatable bonds is 13. The highest BCUT2D eigenvalue weighted by Crippen LogP contribution is 2.34. The number of unbranched alkanes of at least 4 members (excludes halogenated alkanes) is 5. The second kappa shape index (κ2) is 15.6. The van der Waals surface area contributed by atoms with Crippen LogP contribution in [0.25, 0.3) is 0 Å². The molecule has 0 radical (unpaired) electrons. The summed E-state index contributed by atoms with van der Waals surface area (Å²) in [4.78, 5) is 0. The Labute approximate surface area is 210 Å². The fraction of sp³-hybridized carbons (Fsp3) is 0.529. The van der Waals surface area contributed by atoms with Crippen LogP contribution < -0.4 is 0 Å². The summed E-state index contributed by atoms with van der Waals surface area (Å²) in [5.74, 6) is 8.59. The van der Waals surface area contributed by atoms with Crippen LogP contribution in [0.5, 0.6) is 0 Å². The molecule has 0 unspecified atom stereocenters. The van der Waals surface area contributed by atoms with Gasteiger partial charge in [-0.2, -0.15) is 0 Å². The first-order valence-electron chi connectivity index (χ1n) is 14.1. The first-order chi connectivity index (χ1) is 16.8. The van der Waals surface area contributed by atoms with Gasteiger partial charge in [0.15, 0.2) is 0 Å². The second-order valence-electron chi connectivity index (χ2n) is 10.5. The van der Waals surface area contributed by atoms with Crippen molar-refractivity contribution in [2.24, 2.45) is 11.8 Å². The maximum atomic E-state index is 3.80. The van der Waals surface area contributed by atoms with Gasteiger partial charge in [0.25, 0.3) is 0 Å². The standard InChI is InChI=1S/C34H46/c1-3-5-7-8-9-10-12-30-15-19-32(20-16-30)22-24-34-27-25-33(26-28-34)23-21-31-17-13-29(14-18-31)11-6-4-2/h4,13-14,17-18,25-28,30,32H,2-3,5-12,15-16,19-20,22,24H2,1H3. The van der Waals surface area contributed by atoms with Gasteiger partial charge >= 0.3 is 0 Å². The molecule has 2 aromatic rings. The molecule has 1 aliphatic carbocycles. The number of benzene rings is 2. The van der Waals surface area contributed by atoms with Crippen LogP contribution in [0.4, 0.5) is 0 Å². The lowest BCUT2D eigenvalue weighted by Crippen LogP contribution is -2.15. The minimum atomic E-state index is 0.940. The van der Waals surface area contributed by atoms with Gasteiger partial charge in [-0.3, -0.25) is 0 Å². The van der Waals surface area contributed by atoms with E-state index in [4.69, 9.17) is 0 Å². The zero-order chi connectivity index (χ0) is 23.8. The first kappa shape index (κ1) is 26.3. The van der Waals surface area contributed by atoms with Gasteiger partial charge in [0, 0.05) is 11.1 Å². The summed E-state index contributed by atoms with van der Waals surface area (Å²) in [6, 6.07) is 17.6. The van der Waals surface area contributed by atoms with Crippen LogP contribution in [0.15, 0.2) is 61.2 Å². The molecular weight excluding hydrogens is 408 g/mol. The van der Waals surface area contributed by atoms with Gasteiger partial charge in [-0.25, -0.2) is 0 Å². The molecule has 0 bridgehead atoms. The van der Waals surface area contributed by atoms with Gasteiger partial charge < -0.3 is 0 Å². The Hall–Kier alpha value is -2.26. The largest absolute Gasteiger partial charge is 0.103 e. The average Bonchev–Trinajstić information content (AvgIpc) is 2.89. The third kappa shape index (κ3) is 9.93. The molecule has 0 spiro atoms. The molecule has 0 N–H and O–H groups in total. The predicted molar refractivity (Wildman–Crippen MR) is 149 cm³/mol. The lowest BCUT2D eigenvalue weighted by Gasteiger charge is -2.28. The zero-order valence-electron chi connectivity index (χ0n) is 21.7. The molecule has 0 atom stereocenters. The molecule has 0 saturated heterocycles. The van der Waals surface area contributed by atoms with Gasteiger partial charge in [-0.05, 0) is 72.9 Å². The monoisotopic (exact) mass is 454 g/mol. The molecule has 34 heavy (non-hydrogen) atoms. The highest BCUT2D eigenvalue weighted by atomic mass is 14.3. The average molecular weight is 455 g/mol. The minimum absolute atomic E-state index is 0.940. The van der Waals surface area contributed by atoms with Crippen LogP contribution in [0.3, 0.4) is 0 Å². The molecule has 0 aromatic heterocycles. The van der Waals surface area contributed by atoms with Gasteiger partial charge in [0.1, 0.15) is 0 Å². The number of allylic oxidation sites excluding steroid dienone is 1. The maximum absolute atomic E-state index is 3.80. The third-order valence-electron chi connectivity index (χ3n) is 7.67. The second-order valence-corrected chi connectivity index (χ2v) is 10.5. The molecule has 0 heteroatoms. The van der Waals surface area contributed by atoms with E-state index in [1.807, 2.05) is 6.08 Å². The Balaban J connectivity index is 1.33. The molecule has 0 heterocycles. The predicted octanol–water partition coefficient (Wildman–Crippen LogP) is 9.69. The van der Waals surface area contributed by atoms with E-state index >= 15 is 0 Å². The van der Waals surface area contributed by atoms with E-state index in [0.29, 0.717) is 0 Å². The van der Waals surface area contributed by atoms with Gasteiger partial charge in [0.2, 0.25) is 0 Å². The summed E-state index contributed by atoms with van der Waals surface area (Å²) >= 11 is 0. The molecule has 182 valence electrons. The van der Waals surface area contributed by atoms with E-state index in [1.165, 1.54) is 94.6 Å². The molecule has 1 saturated carbocycles. The zero-order valence-corrected chi connectivity index (χ0v) is 21.7. The quantitative estimate of drug-likeness (QED) is 0.160. The lowest BCUT2D eigenvalue weighted by atomic mass is 9.77. The van der Waals surface area contributed by atoms with Crippen LogP contribution in [-0.4, -0.2) is 0 Å². The smallest absolute Gasteiger partial charge is 0.0249 e. The van der Waals surface area contributed by atoms with E-state index in [2.05, 4.69) is 73.9 Å². The van der Waals surface area contributed by atoms with Gasteiger partial charge in [-0.15, -0.1) is 6.58 Å². The van der Waals surface area contributed by atoms with E-state index in [0.717, 1.165) is 35.8 Å². The van der Waals surface area contributed by atoms with E-state index in [-0.39, 0.29) is 0 Å². The number of hydrogen-bond acceptors (Lipinski definition) is 0. The van der Waals surface area contributed by atoms with Gasteiger partial charge in [0.05, 0.1) is 0 Å². The minimum Gasteiger partial charge on any atom is -0.103 e. The molecule has 0 nitrogen and oxygen atoms in total. The first-order valence-corrected chi connectivity index (χ1v) is 14.1. The maximum Gasteiger partial charge on any atom is 0.0249 e. The van der Waals surface area contributed by atoms with Crippen LogP contribution in [0.2, 0.25) is 0 Å². The van der Waals surface area contributed by atoms with Crippen molar-refractivity contribution in [2.75, 3.05) is 0 Å². The number of aryl methyl sites for hydroxylation is 2. The summed E-state index contributed by atoms with van der Waals surface area (Å²) in [6.45, 7) is 6.10. The van der Waals surface area contributed by atoms with Crippen molar-refractivity contribution in [3.8, 4) is 11.8 Å². The Morgan fingerprint density at radius 2 is 1.18 bits per heavy atom. The van der Waals surface area contributed by atoms with E-state index in [9.17, 15) is 0 Å². The Kier molecular flexibility index (Phi) is 12.1. The van der Waals surface area contributed by atoms with Crippen molar-refractivity contribution >= 4 is 0 Å². The van der Waals surface area contributed by atoms with Crippen molar-refractivity contribution in [1.82, 2.24) is 0 Å². The van der Waals surface area contributed by atoms with Gasteiger partial charge in [-0.1, -0.05) is 120 Å². The highest BCUT2D eigenvalue weighted by molar-refractivity contribution is 5.44.